The first-order chi connectivity index (χ1) is 23.1. The lowest BCUT2D eigenvalue weighted by atomic mass is 9.88. The highest BCUT2D eigenvalue weighted by Crippen LogP contribution is 2.48. The molecule has 0 aromatic heterocycles. The number of hydrogen-bond acceptors (Lipinski definition) is 8. The molecule has 2 aliphatic heterocycles. The van der Waals surface area contributed by atoms with Crippen LogP contribution in [0.2, 0.25) is 18.1 Å². The molecule has 1 saturated carbocycles. The maximum Gasteiger partial charge on any atom is 0.199 e. The summed E-state index contributed by atoms with van der Waals surface area (Å²) in [5, 5.41) is 0.0427. The number of rotatable bonds is 19. The van der Waals surface area contributed by atoms with Crippen LogP contribution in [0.3, 0.4) is 0 Å². The van der Waals surface area contributed by atoms with Crippen molar-refractivity contribution in [3.05, 3.63) is 36.1 Å². The maximum absolute atomic E-state index is 12.2. The minimum atomic E-state index is -2.13. The molecule has 2 heterocycles. The average Bonchev–Trinajstić information content (AvgIpc) is 3.38. The van der Waals surface area contributed by atoms with Gasteiger partial charge in [0, 0.05) is 37.7 Å². The van der Waals surface area contributed by atoms with Gasteiger partial charge in [0.1, 0.15) is 23.5 Å². The van der Waals surface area contributed by atoms with Crippen molar-refractivity contribution >= 4 is 14.6 Å². The summed E-state index contributed by atoms with van der Waals surface area (Å²) < 4.78 is 44.7. The second kappa shape index (κ2) is 19.5. The lowest BCUT2D eigenvalue weighted by molar-refractivity contribution is -0.201. The summed E-state index contributed by atoms with van der Waals surface area (Å²) in [6, 6.07) is 7.87. The van der Waals surface area contributed by atoms with E-state index in [0.717, 1.165) is 75.1 Å². The standard InChI is InChI=1S/C39H64O8Si/c1-7-8-9-12-25-41-30-19-21-31(22-20-30)42-28-15-16-33(45-36-17-10-13-26-43-36)38-32(23-24-40)34(47-48(5,6)39(2,3)4)29-35(38)46-37-18-11-14-27-44-37/h16,19-22,24,32,34-38H,7-15,17-18,23,25-29H2,1-6H3/b33-16+/t32?,34-,35+,36?,37?,38+/m1/s1. The number of benzene rings is 1. The van der Waals surface area contributed by atoms with E-state index < -0.39 is 8.32 Å². The molecule has 0 spiro atoms. The summed E-state index contributed by atoms with van der Waals surface area (Å²) in [6.07, 6.45) is 14.7. The lowest BCUT2D eigenvalue weighted by Crippen LogP contribution is -2.45. The molecular formula is C39H64O8Si. The Kier molecular flexibility index (Phi) is 15.8. The van der Waals surface area contributed by atoms with E-state index >= 15 is 0 Å². The number of carbonyl (C=O) groups excluding carboxylic acids is 1. The summed E-state index contributed by atoms with van der Waals surface area (Å²) in [5.41, 5.74) is 0. The van der Waals surface area contributed by atoms with E-state index in [1.165, 1.54) is 19.3 Å². The van der Waals surface area contributed by atoms with Crippen molar-refractivity contribution in [3.63, 3.8) is 0 Å². The largest absolute Gasteiger partial charge is 0.494 e. The summed E-state index contributed by atoms with van der Waals surface area (Å²) >= 11 is 0. The first-order valence-corrected chi connectivity index (χ1v) is 21.7. The third kappa shape index (κ3) is 11.9. The molecule has 272 valence electrons. The fraction of sp³-hybridized carbons (Fsp3) is 0.769. The third-order valence-corrected chi connectivity index (χ3v) is 14.9. The number of ether oxygens (including phenoxy) is 6. The molecule has 0 bridgehead atoms. The number of unbranched alkanes of at least 4 members (excludes halogenated alkanes) is 3. The Morgan fingerprint density at radius 1 is 0.875 bits per heavy atom. The van der Waals surface area contributed by atoms with Crippen LogP contribution in [-0.4, -0.2) is 65.8 Å². The van der Waals surface area contributed by atoms with Crippen LogP contribution in [0.5, 0.6) is 11.5 Å². The number of hydrogen-bond donors (Lipinski definition) is 0. The molecule has 3 aliphatic rings. The molecule has 1 aliphatic carbocycles. The van der Waals surface area contributed by atoms with Gasteiger partial charge in [-0.3, -0.25) is 0 Å². The molecule has 3 unspecified atom stereocenters. The van der Waals surface area contributed by atoms with Gasteiger partial charge in [0.05, 0.1) is 32.0 Å². The van der Waals surface area contributed by atoms with Gasteiger partial charge in [-0.1, -0.05) is 47.0 Å². The van der Waals surface area contributed by atoms with Gasteiger partial charge in [-0.05, 0) is 93.4 Å². The van der Waals surface area contributed by atoms with E-state index in [9.17, 15) is 4.79 Å². The monoisotopic (exact) mass is 688 g/mol. The molecule has 3 fully saturated rings. The smallest absolute Gasteiger partial charge is 0.199 e. The van der Waals surface area contributed by atoms with Crippen LogP contribution in [-0.2, 0) is 28.2 Å². The van der Waals surface area contributed by atoms with Gasteiger partial charge < -0.3 is 37.6 Å². The fourth-order valence-electron chi connectivity index (χ4n) is 6.65. The van der Waals surface area contributed by atoms with Crippen molar-refractivity contribution in [1.29, 1.82) is 0 Å². The van der Waals surface area contributed by atoms with E-state index in [1.807, 2.05) is 24.3 Å². The number of carbonyl (C=O) groups is 1. The van der Waals surface area contributed by atoms with Crippen LogP contribution in [0.25, 0.3) is 0 Å². The lowest BCUT2D eigenvalue weighted by Gasteiger charge is -2.40. The zero-order chi connectivity index (χ0) is 34.4. The van der Waals surface area contributed by atoms with Gasteiger partial charge in [-0.25, -0.2) is 0 Å². The highest BCUT2D eigenvalue weighted by atomic mass is 28.4. The van der Waals surface area contributed by atoms with E-state index in [2.05, 4.69) is 46.9 Å². The van der Waals surface area contributed by atoms with Gasteiger partial charge in [-0.2, -0.15) is 0 Å². The molecule has 0 N–H and O–H groups in total. The van der Waals surface area contributed by atoms with Gasteiger partial charge >= 0.3 is 0 Å². The Hall–Kier alpha value is -1.91. The Bertz CT molecular complexity index is 1090. The van der Waals surface area contributed by atoms with Crippen LogP contribution in [0, 0.1) is 11.8 Å². The summed E-state index contributed by atoms with van der Waals surface area (Å²) in [4.78, 5) is 12.2. The Morgan fingerprint density at radius 2 is 1.52 bits per heavy atom. The normalized spacial score (nSPS) is 27.1. The zero-order valence-electron chi connectivity index (χ0n) is 30.7. The van der Waals surface area contributed by atoms with E-state index in [1.54, 1.807) is 0 Å². The van der Waals surface area contributed by atoms with Crippen LogP contribution in [0.15, 0.2) is 36.1 Å². The zero-order valence-corrected chi connectivity index (χ0v) is 31.7. The quantitative estimate of drug-likeness (QED) is 0.0616. The van der Waals surface area contributed by atoms with Crippen molar-refractivity contribution in [2.24, 2.45) is 11.8 Å². The van der Waals surface area contributed by atoms with E-state index in [0.29, 0.717) is 39.1 Å². The topological polar surface area (TPSA) is 81.7 Å². The molecule has 1 aromatic carbocycles. The molecule has 2 saturated heterocycles. The summed E-state index contributed by atoms with van der Waals surface area (Å²) in [7, 11) is -2.13. The minimum Gasteiger partial charge on any atom is -0.494 e. The van der Waals surface area contributed by atoms with Crippen LogP contribution in [0.4, 0.5) is 0 Å². The van der Waals surface area contributed by atoms with E-state index in [4.69, 9.17) is 32.8 Å². The highest BCUT2D eigenvalue weighted by molar-refractivity contribution is 6.74. The van der Waals surface area contributed by atoms with Crippen LogP contribution < -0.4 is 9.47 Å². The Labute approximate surface area is 291 Å². The van der Waals surface area contributed by atoms with Gasteiger partial charge in [0.2, 0.25) is 0 Å². The molecule has 0 radical (unpaired) electrons. The first-order valence-electron chi connectivity index (χ1n) is 18.8. The SMILES string of the molecule is CCCCCCOc1ccc(OCC/C=C(/OC2CCCCO2)[C@@H]2C(CC=O)[C@H](O[Si](C)(C)C(C)(C)C)C[C@@H]2OC2CCCCO2)cc1. The Morgan fingerprint density at radius 3 is 2.10 bits per heavy atom. The van der Waals surface area contributed by atoms with Crippen LogP contribution >= 0.6 is 0 Å². The van der Waals surface area contributed by atoms with Crippen molar-refractivity contribution in [3.8, 4) is 11.5 Å². The fourth-order valence-corrected chi connectivity index (χ4v) is 8.03. The van der Waals surface area contributed by atoms with Crippen molar-refractivity contribution < 1.29 is 37.6 Å². The molecule has 6 atom stereocenters. The van der Waals surface area contributed by atoms with Crippen molar-refractivity contribution in [1.82, 2.24) is 0 Å². The molecule has 0 amide bonds. The third-order valence-electron chi connectivity index (χ3n) is 10.4. The summed E-state index contributed by atoms with van der Waals surface area (Å²) in [5.74, 6) is 2.27. The van der Waals surface area contributed by atoms with Crippen molar-refractivity contribution in [2.45, 2.75) is 154 Å². The second-order valence-corrected chi connectivity index (χ2v) is 20.0. The molecular weight excluding hydrogens is 625 g/mol. The molecule has 4 rings (SSSR count). The van der Waals surface area contributed by atoms with E-state index in [-0.39, 0.29) is 41.7 Å². The van der Waals surface area contributed by atoms with Gasteiger partial charge in [0.15, 0.2) is 20.9 Å². The highest BCUT2D eigenvalue weighted by Gasteiger charge is 2.51. The van der Waals surface area contributed by atoms with Crippen molar-refractivity contribution in [2.75, 3.05) is 26.4 Å². The maximum atomic E-state index is 12.2. The predicted octanol–water partition coefficient (Wildman–Crippen LogP) is 9.37. The molecule has 1 aromatic rings. The molecule has 9 heteroatoms. The molecule has 48 heavy (non-hydrogen) atoms. The second-order valence-electron chi connectivity index (χ2n) is 15.3. The summed E-state index contributed by atoms with van der Waals surface area (Å²) in [6.45, 7) is 16.2. The minimum absolute atomic E-state index is 0.0427. The first kappa shape index (κ1) is 38.9. The average molecular weight is 689 g/mol. The predicted molar refractivity (Wildman–Crippen MR) is 192 cm³/mol. The van der Waals surface area contributed by atoms with Gasteiger partial charge in [-0.15, -0.1) is 0 Å². The number of aldehydes is 1. The van der Waals surface area contributed by atoms with Crippen LogP contribution in [0.1, 0.15) is 111 Å². The van der Waals surface area contributed by atoms with Gasteiger partial charge in [0.25, 0.3) is 0 Å². The molecule has 8 nitrogen and oxygen atoms in total. The Balaban J connectivity index is 1.51.